The smallest absolute Gasteiger partial charge is 0.382 e. The molecule has 2 aromatic rings. The van der Waals surface area contributed by atoms with E-state index in [1.54, 1.807) is 17.8 Å². The van der Waals surface area contributed by atoms with Gasteiger partial charge in [-0.05, 0) is 19.8 Å². The molecule has 1 aliphatic rings. The first-order valence-corrected chi connectivity index (χ1v) is 8.11. The van der Waals surface area contributed by atoms with Gasteiger partial charge in [0.2, 0.25) is 0 Å². The summed E-state index contributed by atoms with van der Waals surface area (Å²) >= 11 is 0. The topological polar surface area (TPSA) is 146 Å². The predicted molar refractivity (Wildman–Crippen MR) is 75.5 cm³/mol. The normalized spacial score (nSPS) is 25.9. The third-order valence-corrected chi connectivity index (χ3v) is 4.04. The highest BCUT2D eigenvalue weighted by molar-refractivity contribution is 7.46. The number of nitrogen functional groups attached to an aromatic ring is 1. The molecule has 0 spiro atoms. The largest absolute Gasteiger partial charge is 0.469 e. The molecule has 0 bridgehead atoms. The van der Waals surface area contributed by atoms with Crippen LogP contribution in [0.4, 0.5) is 5.82 Å². The van der Waals surface area contributed by atoms with Crippen molar-refractivity contribution in [3.63, 3.8) is 0 Å². The molecule has 0 saturated carbocycles. The average Bonchev–Trinajstić information content (AvgIpc) is 3.01. The van der Waals surface area contributed by atoms with Crippen molar-refractivity contribution in [3.8, 4) is 0 Å². The standard InChI is InChI=1S/C11H16N5O5P/c1-11(4-20-22(17,18)19)3-2-7(21-11)16-6-15-8-9(12)13-5-14-10(8)16/h5-7H,2-4H2,1H3,(H2,12,13,14)(H2,17,18,19)/t7-,11+/m1/s1. The molecule has 120 valence electrons. The Balaban J connectivity index is 1.79. The maximum absolute atomic E-state index is 10.8. The number of imidazole rings is 1. The highest BCUT2D eigenvalue weighted by atomic mass is 31.2. The molecule has 0 radical (unpaired) electrons. The second-order valence-corrected chi connectivity index (χ2v) is 6.65. The Morgan fingerprint density at radius 2 is 2.32 bits per heavy atom. The van der Waals surface area contributed by atoms with Crippen LogP contribution in [0.1, 0.15) is 26.0 Å². The minimum atomic E-state index is -4.52. The molecule has 1 aliphatic heterocycles. The lowest BCUT2D eigenvalue weighted by Gasteiger charge is -2.25. The Labute approximate surface area is 125 Å². The molecule has 10 nitrogen and oxygen atoms in total. The van der Waals surface area contributed by atoms with Crippen molar-refractivity contribution in [2.45, 2.75) is 31.6 Å². The van der Waals surface area contributed by atoms with E-state index >= 15 is 0 Å². The van der Waals surface area contributed by atoms with Crippen molar-refractivity contribution < 1.29 is 23.6 Å². The van der Waals surface area contributed by atoms with Crippen LogP contribution in [0.3, 0.4) is 0 Å². The molecule has 1 fully saturated rings. The van der Waals surface area contributed by atoms with Gasteiger partial charge < -0.3 is 20.3 Å². The van der Waals surface area contributed by atoms with Crippen molar-refractivity contribution in [1.29, 1.82) is 0 Å². The van der Waals surface area contributed by atoms with Crippen molar-refractivity contribution in [2.24, 2.45) is 0 Å². The summed E-state index contributed by atoms with van der Waals surface area (Å²) in [5.41, 5.74) is 6.00. The van der Waals surface area contributed by atoms with Gasteiger partial charge in [0.15, 0.2) is 11.5 Å². The van der Waals surface area contributed by atoms with Gasteiger partial charge in [-0.2, -0.15) is 0 Å². The number of rotatable bonds is 4. The van der Waals surface area contributed by atoms with Gasteiger partial charge >= 0.3 is 7.82 Å². The van der Waals surface area contributed by atoms with E-state index in [9.17, 15) is 4.57 Å². The maximum atomic E-state index is 10.8. The number of anilines is 1. The molecule has 0 amide bonds. The molecule has 2 aromatic heterocycles. The summed E-state index contributed by atoms with van der Waals surface area (Å²) in [6.45, 7) is 1.54. The fraction of sp³-hybridized carbons (Fsp3) is 0.545. The maximum Gasteiger partial charge on any atom is 0.469 e. The SMILES string of the molecule is C[C@@]1(COP(=O)(O)O)CC[C@H](n2cnc3c(N)ncnc32)O1. The summed E-state index contributed by atoms with van der Waals surface area (Å²) in [7, 11) is -4.52. The molecule has 4 N–H and O–H groups in total. The number of ether oxygens (including phenoxy) is 1. The van der Waals surface area contributed by atoms with Gasteiger partial charge in [0.1, 0.15) is 18.1 Å². The molecule has 22 heavy (non-hydrogen) atoms. The number of aromatic nitrogens is 4. The molecule has 1 saturated heterocycles. The molecule has 3 heterocycles. The number of hydrogen-bond donors (Lipinski definition) is 3. The van der Waals surface area contributed by atoms with Gasteiger partial charge in [0, 0.05) is 0 Å². The van der Waals surface area contributed by atoms with Gasteiger partial charge in [-0.1, -0.05) is 0 Å². The Morgan fingerprint density at radius 1 is 1.55 bits per heavy atom. The molecular weight excluding hydrogens is 313 g/mol. The van der Waals surface area contributed by atoms with E-state index < -0.39 is 13.4 Å². The molecule has 0 aromatic carbocycles. The van der Waals surface area contributed by atoms with E-state index in [0.717, 1.165) is 0 Å². The average molecular weight is 329 g/mol. The van der Waals surface area contributed by atoms with Crippen LogP contribution in [0, 0.1) is 0 Å². The summed E-state index contributed by atoms with van der Waals surface area (Å²) in [6, 6.07) is 0. The van der Waals surface area contributed by atoms with Gasteiger partial charge in [-0.15, -0.1) is 0 Å². The summed E-state index contributed by atoms with van der Waals surface area (Å²) < 4.78 is 23.0. The van der Waals surface area contributed by atoms with Gasteiger partial charge in [-0.25, -0.2) is 19.5 Å². The van der Waals surface area contributed by atoms with Crippen LogP contribution in [-0.2, 0) is 13.8 Å². The highest BCUT2D eigenvalue weighted by Crippen LogP contribution is 2.42. The third-order valence-electron chi connectivity index (χ3n) is 3.58. The highest BCUT2D eigenvalue weighted by Gasteiger charge is 2.39. The second-order valence-electron chi connectivity index (χ2n) is 5.41. The van der Waals surface area contributed by atoms with E-state index in [1.165, 1.54) is 6.33 Å². The first kappa shape index (κ1) is 15.3. The Morgan fingerprint density at radius 3 is 3.05 bits per heavy atom. The van der Waals surface area contributed by atoms with E-state index in [4.69, 9.17) is 20.3 Å². The van der Waals surface area contributed by atoms with Crippen molar-refractivity contribution in [1.82, 2.24) is 19.5 Å². The molecule has 0 unspecified atom stereocenters. The summed E-state index contributed by atoms with van der Waals surface area (Å²) in [5, 5.41) is 0. The van der Waals surface area contributed by atoms with E-state index in [2.05, 4.69) is 19.5 Å². The van der Waals surface area contributed by atoms with Gasteiger partial charge in [0.25, 0.3) is 0 Å². The van der Waals surface area contributed by atoms with E-state index in [0.29, 0.717) is 24.0 Å². The molecular formula is C11H16N5O5P. The third kappa shape index (κ3) is 2.96. The van der Waals surface area contributed by atoms with Crippen LogP contribution in [0.2, 0.25) is 0 Å². The zero-order valence-corrected chi connectivity index (χ0v) is 12.7. The number of phosphoric acid groups is 1. The van der Waals surface area contributed by atoms with Gasteiger partial charge in [0.05, 0.1) is 18.5 Å². The molecule has 3 rings (SSSR count). The zero-order chi connectivity index (χ0) is 16.0. The Kier molecular flexibility index (Phi) is 3.66. The minimum Gasteiger partial charge on any atom is -0.382 e. The van der Waals surface area contributed by atoms with E-state index in [1.807, 2.05) is 0 Å². The first-order valence-electron chi connectivity index (χ1n) is 6.58. The van der Waals surface area contributed by atoms with Crippen LogP contribution in [0.5, 0.6) is 0 Å². The lowest BCUT2D eigenvalue weighted by atomic mass is 10.0. The molecule has 0 aliphatic carbocycles. The van der Waals surface area contributed by atoms with Crippen molar-refractivity contribution >= 4 is 24.8 Å². The molecule has 11 heteroatoms. The fourth-order valence-electron chi connectivity index (χ4n) is 2.48. The fourth-order valence-corrected chi connectivity index (χ4v) is 2.92. The van der Waals surface area contributed by atoms with Crippen LogP contribution < -0.4 is 5.73 Å². The first-order chi connectivity index (χ1) is 10.3. The number of nitrogens with two attached hydrogens (primary N) is 1. The summed E-state index contributed by atoms with van der Waals surface area (Å²) in [5.74, 6) is 0.286. The minimum absolute atomic E-state index is 0.197. The van der Waals surface area contributed by atoms with Crippen LogP contribution >= 0.6 is 7.82 Å². The van der Waals surface area contributed by atoms with Crippen LogP contribution in [0.25, 0.3) is 11.2 Å². The zero-order valence-electron chi connectivity index (χ0n) is 11.8. The second kappa shape index (κ2) is 5.25. The Hall–Kier alpha value is -1.58. The van der Waals surface area contributed by atoms with Crippen molar-refractivity contribution in [3.05, 3.63) is 12.7 Å². The van der Waals surface area contributed by atoms with Crippen LogP contribution in [-0.4, -0.2) is 41.5 Å². The van der Waals surface area contributed by atoms with Crippen LogP contribution in [0.15, 0.2) is 12.7 Å². The van der Waals surface area contributed by atoms with Crippen molar-refractivity contribution in [2.75, 3.05) is 12.3 Å². The quantitative estimate of drug-likeness (QED) is 0.685. The monoisotopic (exact) mass is 329 g/mol. The lowest BCUT2D eigenvalue weighted by molar-refractivity contribution is -0.0839. The Bertz CT molecular complexity index is 746. The molecule has 2 atom stereocenters. The number of nitrogens with zero attached hydrogens (tertiary/aromatic N) is 4. The lowest BCUT2D eigenvalue weighted by Crippen LogP contribution is -2.30. The summed E-state index contributed by atoms with van der Waals surface area (Å²) in [4.78, 5) is 29.8. The van der Waals surface area contributed by atoms with Gasteiger partial charge in [-0.3, -0.25) is 9.09 Å². The number of fused-ring (bicyclic) bond motifs is 1. The number of phosphoric ester groups is 1. The number of hydrogen-bond acceptors (Lipinski definition) is 7. The summed E-state index contributed by atoms with van der Waals surface area (Å²) in [6.07, 6.45) is 3.77. The predicted octanol–water partition coefficient (Wildman–Crippen LogP) is 0.586. The van der Waals surface area contributed by atoms with E-state index in [-0.39, 0.29) is 18.7 Å².